The fourth-order valence-corrected chi connectivity index (χ4v) is 1.99. The van der Waals surface area contributed by atoms with E-state index in [0.717, 1.165) is 19.7 Å². The highest BCUT2D eigenvalue weighted by Crippen LogP contribution is 2.15. The number of hydrogen-bond acceptors (Lipinski definition) is 5. The average molecular weight is 244 g/mol. The maximum Gasteiger partial charge on any atom is 0.325 e. The zero-order valence-electron chi connectivity index (χ0n) is 11.2. The molecule has 5 nitrogen and oxygen atoms in total. The van der Waals surface area contributed by atoms with Crippen LogP contribution in [0.4, 0.5) is 0 Å². The van der Waals surface area contributed by atoms with E-state index >= 15 is 0 Å². The van der Waals surface area contributed by atoms with Crippen molar-refractivity contribution in [1.29, 1.82) is 0 Å². The molecule has 1 aliphatic heterocycles. The van der Waals surface area contributed by atoms with Crippen LogP contribution >= 0.6 is 0 Å². The molecule has 0 aromatic rings. The van der Waals surface area contributed by atoms with Crippen molar-refractivity contribution in [3.63, 3.8) is 0 Å². The van der Waals surface area contributed by atoms with Gasteiger partial charge in [-0.05, 0) is 27.2 Å². The molecule has 0 aromatic carbocycles. The van der Waals surface area contributed by atoms with E-state index in [9.17, 15) is 4.79 Å². The van der Waals surface area contributed by atoms with Crippen LogP contribution in [0.25, 0.3) is 0 Å². The molecule has 0 radical (unpaired) electrons. The number of nitrogens with zero attached hydrogens (tertiary/aromatic N) is 1. The number of esters is 1. The molecule has 5 heteroatoms. The van der Waals surface area contributed by atoms with Crippen molar-refractivity contribution < 1.29 is 14.3 Å². The summed E-state index contributed by atoms with van der Waals surface area (Å²) in [4.78, 5) is 13.8. The second-order valence-electron chi connectivity index (χ2n) is 5.15. The standard InChI is InChI=1S/C12H24N2O3/c1-9-8-17-10(2)7-14(9)6-5-12(3,13)11(15)16-4/h9-10H,5-8,13H2,1-4H3. The van der Waals surface area contributed by atoms with Crippen LogP contribution in [0.2, 0.25) is 0 Å². The monoisotopic (exact) mass is 244 g/mol. The number of morpholine rings is 1. The van der Waals surface area contributed by atoms with Gasteiger partial charge in [0.2, 0.25) is 0 Å². The average Bonchev–Trinajstić information content (AvgIpc) is 2.29. The van der Waals surface area contributed by atoms with Gasteiger partial charge in [0.25, 0.3) is 0 Å². The Morgan fingerprint density at radius 3 is 2.82 bits per heavy atom. The Hall–Kier alpha value is -0.650. The first kappa shape index (κ1) is 14.4. The van der Waals surface area contributed by atoms with Crippen LogP contribution in [0.5, 0.6) is 0 Å². The molecule has 0 bridgehead atoms. The molecule has 3 atom stereocenters. The van der Waals surface area contributed by atoms with Gasteiger partial charge in [0, 0.05) is 19.1 Å². The Kier molecular flexibility index (Phi) is 4.91. The Morgan fingerprint density at radius 2 is 2.24 bits per heavy atom. The zero-order valence-corrected chi connectivity index (χ0v) is 11.2. The number of nitrogens with two attached hydrogens (primary N) is 1. The van der Waals surface area contributed by atoms with Gasteiger partial charge in [-0.3, -0.25) is 9.69 Å². The van der Waals surface area contributed by atoms with Crippen LogP contribution < -0.4 is 5.73 Å². The van der Waals surface area contributed by atoms with E-state index < -0.39 is 5.54 Å². The summed E-state index contributed by atoms with van der Waals surface area (Å²) in [5.41, 5.74) is 5.03. The molecule has 0 aliphatic carbocycles. The molecule has 17 heavy (non-hydrogen) atoms. The molecule has 1 aliphatic rings. The molecule has 0 amide bonds. The van der Waals surface area contributed by atoms with Crippen molar-refractivity contribution >= 4 is 5.97 Å². The SMILES string of the molecule is COC(=O)C(C)(N)CCN1CC(C)OCC1C. The summed E-state index contributed by atoms with van der Waals surface area (Å²) < 4.78 is 10.3. The van der Waals surface area contributed by atoms with Crippen LogP contribution in [0.1, 0.15) is 27.2 Å². The largest absolute Gasteiger partial charge is 0.468 e. The highest BCUT2D eigenvalue weighted by Gasteiger charge is 2.31. The Morgan fingerprint density at radius 1 is 1.59 bits per heavy atom. The number of methoxy groups -OCH3 is 1. The molecular weight excluding hydrogens is 220 g/mol. The Labute approximate surface area is 103 Å². The minimum Gasteiger partial charge on any atom is -0.468 e. The molecule has 0 spiro atoms. The number of rotatable bonds is 4. The molecule has 0 aromatic heterocycles. The lowest BCUT2D eigenvalue weighted by Crippen LogP contribution is -2.52. The van der Waals surface area contributed by atoms with Crippen LogP contribution in [0, 0.1) is 0 Å². The molecule has 1 fully saturated rings. The fourth-order valence-electron chi connectivity index (χ4n) is 1.99. The van der Waals surface area contributed by atoms with Gasteiger partial charge in [0.15, 0.2) is 0 Å². The number of hydrogen-bond donors (Lipinski definition) is 1. The quantitative estimate of drug-likeness (QED) is 0.724. The van der Waals surface area contributed by atoms with E-state index in [4.69, 9.17) is 15.2 Å². The summed E-state index contributed by atoms with van der Waals surface area (Å²) in [5.74, 6) is -0.355. The first-order valence-corrected chi connectivity index (χ1v) is 6.09. The maximum atomic E-state index is 11.5. The van der Waals surface area contributed by atoms with E-state index in [1.165, 1.54) is 7.11 Å². The predicted molar refractivity (Wildman–Crippen MR) is 65.7 cm³/mol. The molecule has 1 heterocycles. The van der Waals surface area contributed by atoms with E-state index in [1.807, 2.05) is 0 Å². The maximum absolute atomic E-state index is 11.5. The van der Waals surface area contributed by atoms with Crippen molar-refractivity contribution in [2.24, 2.45) is 5.73 Å². The highest BCUT2D eigenvalue weighted by atomic mass is 16.5. The van der Waals surface area contributed by atoms with Crippen molar-refractivity contribution in [3.8, 4) is 0 Å². The van der Waals surface area contributed by atoms with Crippen molar-refractivity contribution in [2.45, 2.75) is 44.9 Å². The Balaban J connectivity index is 2.46. The van der Waals surface area contributed by atoms with Gasteiger partial charge in [-0.15, -0.1) is 0 Å². The van der Waals surface area contributed by atoms with Gasteiger partial charge in [-0.2, -0.15) is 0 Å². The summed E-state index contributed by atoms with van der Waals surface area (Å²) >= 11 is 0. The molecular formula is C12H24N2O3. The lowest BCUT2D eigenvalue weighted by molar-refractivity contribution is -0.147. The third-order valence-electron chi connectivity index (χ3n) is 3.31. The summed E-state index contributed by atoms with van der Waals surface area (Å²) in [6, 6.07) is 0.375. The van der Waals surface area contributed by atoms with Gasteiger partial charge < -0.3 is 15.2 Å². The van der Waals surface area contributed by atoms with Gasteiger partial charge in [0.05, 0.1) is 19.8 Å². The topological polar surface area (TPSA) is 64.8 Å². The Bertz CT molecular complexity index is 268. The van der Waals surface area contributed by atoms with Gasteiger partial charge in [0.1, 0.15) is 5.54 Å². The smallest absolute Gasteiger partial charge is 0.325 e. The number of carbonyl (C=O) groups excluding carboxylic acids is 1. The minimum absolute atomic E-state index is 0.244. The first-order chi connectivity index (χ1) is 7.86. The van der Waals surface area contributed by atoms with Gasteiger partial charge >= 0.3 is 5.97 Å². The second-order valence-corrected chi connectivity index (χ2v) is 5.15. The minimum atomic E-state index is -0.907. The van der Waals surface area contributed by atoms with Gasteiger partial charge in [-0.1, -0.05) is 0 Å². The lowest BCUT2D eigenvalue weighted by Gasteiger charge is -2.38. The van der Waals surface area contributed by atoms with Crippen molar-refractivity contribution in [3.05, 3.63) is 0 Å². The van der Waals surface area contributed by atoms with Crippen LogP contribution in [-0.2, 0) is 14.3 Å². The summed E-state index contributed by atoms with van der Waals surface area (Å²) in [5, 5.41) is 0. The van der Waals surface area contributed by atoms with Crippen molar-refractivity contribution in [1.82, 2.24) is 4.90 Å². The fraction of sp³-hybridized carbons (Fsp3) is 0.917. The second kappa shape index (κ2) is 5.80. The van der Waals surface area contributed by atoms with E-state index in [-0.39, 0.29) is 12.1 Å². The highest BCUT2D eigenvalue weighted by molar-refractivity contribution is 5.79. The summed E-state index contributed by atoms with van der Waals surface area (Å²) in [7, 11) is 1.37. The van der Waals surface area contributed by atoms with E-state index in [0.29, 0.717) is 12.5 Å². The summed E-state index contributed by atoms with van der Waals surface area (Å²) in [6.45, 7) is 8.31. The third kappa shape index (κ3) is 3.94. The first-order valence-electron chi connectivity index (χ1n) is 6.09. The summed E-state index contributed by atoms with van der Waals surface area (Å²) in [6.07, 6.45) is 0.838. The molecule has 3 unspecified atom stereocenters. The van der Waals surface area contributed by atoms with Crippen LogP contribution in [0.15, 0.2) is 0 Å². The number of carbonyl (C=O) groups is 1. The third-order valence-corrected chi connectivity index (χ3v) is 3.31. The molecule has 1 rings (SSSR count). The predicted octanol–water partition coefficient (Wildman–Crippen LogP) is 0.376. The van der Waals surface area contributed by atoms with Crippen LogP contribution in [0.3, 0.4) is 0 Å². The lowest BCUT2D eigenvalue weighted by atomic mass is 9.98. The molecule has 0 saturated carbocycles. The van der Waals surface area contributed by atoms with Crippen LogP contribution in [-0.4, -0.2) is 55.4 Å². The van der Waals surface area contributed by atoms with Crippen molar-refractivity contribution in [2.75, 3.05) is 26.8 Å². The van der Waals surface area contributed by atoms with E-state index in [1.54, 1.807) is 6.92 Å². The van der Waals surface area contributed by atoms with E-state index in [2.05, 4.69) is 18.7 Å². The van der Waals surface area contributed by atoms with Gasteiger partial charge in [-0.25, -0.2) is 0 Å². The molecule has 1 saturated heterocycles. The normalized spacial score (nSPS) is 29.7. The molecule has 2 N–H and O–H groups in total. The molecule has 100 valence electrons. The number of ether oxygens (including phenoxy) is 2. The zero-order chi connectivity index (χ0) is 13.1.